The lowest BCUT2D eigenvalue weighted by atomic mass is 9.80. The molecule has 128 valence electrons. The molecule has 0 amide bonds. The molecule has 0 fully saturated rings. The molecule has 2 bridgehead atoms. The fourth-order valence-corrected chi connectivity index (χ4v) is 5.37. The topological polar surface area (TPSA) is 45.1 Å². The molecule has 4 nitrogen and oxygen atoms in total. The van der Waals surface area contributed by atoms with Gasteiger partial charge in [-0.2, -0.15) is 0 Å². The Morgan fingerprint density at radius 3 is 2.80 bits per heavy atom. The third kappa shape index (κ3) is 2.22. The van der Waals surface area contributed by atoms with E-state index in [2.05, 4.69) is 35.2 Å². The number of aliphatic imine (C=N–C) groups is 1. The Hall–Kier alpha value is -1.98. The molecule has 3 aliphatic heterocycles. The first kappa shape index (κ1) is 15.3. The highest BCUT2D eigenvalue weighted by Gasteiger charge is 2.53. The first-order valence-electron chi connectivity index (χ1n) is 8.64. The molecule has 0 spiro atoms. The zero-order valence-corrected chi connectivity index (χ0v) is 14.9. The molecule has 2 aromatic carbocycles. The van der Waals surface area contributed by atoms with Gasteiger partial charge in [-0.15, -0.1) is 0 Å². The van der Waals surface area contributed by atoms with Gasteiger partial charge in [-0.05, 0) is 24.1 Å². The summed E-state index contributed by atoms with van der Waals surface area (Å²) in [6, 6.07) is 16.8. The fourth-order valence-electron chi connectivity index (χ4n) is 4.22. The molecular weight excluding hydrogens is 332 g/mol. The minimum atomic E-state index is -0.719. The van der Waals surface area contributed by atoms with Gasteiger partial charge in [-0.3, -0.25) is 0 Å². The Labute approximate surface area is 151 Å². The van der Waals surface area contributed by atoms with Gasteiger partial charge in [0.25, 0.3) is 0 Å². The SMILES string of the molecule is C[C@@]12N=C3SCc4ccccc4CN3[C@H](c3ccccc3O1)[C@H]2CO. The highest BCUT2D eigenvalue weighted by Crippen LogP contribution is 2.52. The van der Waals surface area contributed by atoms with Crippen molar-refractivity contribution in [3.05, 3.63) is 65.2 Å². The van der Waals surface area contributed by atoms with E-state index in [1.54, 1.807) is 11.8 Å². The Balaban J connectivity index is 1.69. The summed E-state index contributed by atoms with van der Waals surface area (Å²) >= 11 is 1.77. The van der Waals surface area contributed by atoms with Crippen molar-refractivity contribution in [2.45, 2.75) is 31.0 Å². The standard InChI is InChI=1S/C20H20N2O2S/c1-20-16(11-23)18(15-8-4-5-9-17(15)24-20)22-10-13-6-2-3-7-14(13)12-25-19(22)21-20/h2-9,16,18,23H,10-12H2,1H3/t16-,18-,20-/m1/s1. The highest BCUT2D eigenvalue weighted by molar-refractivity contribution is 8.13. The Bertz CT molecular complexity index is 868. The van der Waals surface area contributed by atoms with Crippen molar-refractivity contribution >= 4 is 16.9 Å². The predicted octanol–water partition coefficient (Wildman–Crippen LogP) is 3.56. The quantitative estimate of drug-likeness (QED) is 0.852. The maximum atomic E-state index is 10.2. The number of ether oxygens (including phenoxy) is 1. The van der Waals surface area contributed by atoms with Gasteiger partial charge < -0.3 is 14.7 Å². The third-order valence-corrected chi connectivity index (χ3v) is 6.57. The van der Waals surface area contributed by atoms with E-state index >= 15 is 0 Å². The molecule has 25 heavy (non-hydrogen) atoms. The van der Waals surface area contributed by atoms with Gasteiger partial charge in [0, 0.05) is 17.9 Å². The van der Waals surface area contributed by atoms with E-state index in [1.165, 1.54) is 11.1 Å². The van der Waals surface area contributed by atoms with Gasteiger partial charge in [0.05, 0.1) is 18.6 Å². The Morgan fingerprint density at radius 1 is 1.20 bits per heavy atom. The minimum Gasteiger partial charge on any atom is -0.466 e. The summed E-state index contributed by atoms with van der Waals surface area (Å²) in [5, 5.41) is 11.2. The lowest BCUT2D eigenvalue weighted by Gasteiger charge is -2.52. The van der Waals surface area contributed by atoms with E-state index < -0.39 is 5.72 Å². The maximum absolute atomic E-state index is 10.2. The lowest BCUT2D eigenvalue weighted by molar-refractivity contribution is -0.0619. The molecule has 0 aliphatic carbocycles. The number of fused-ring (bicyclic) bond motifs is 7. The van der Waals surface area contributed by atoms with Crippen LogP contribution in [0.1, 0.15) is 29.7 Å². The molecule has 0 aromatic heterocycles. The minimum absolute atomic E-state index is 0.0507. The smallest absolute Gasteiger partial charge is 0.207 e. The van der Waals surface area contributed by atoms with Gasteiger partial charge in [-0.1, -0.05) is 54.2 Å². The van der Waals surface area contributed by atoms with Crippen LogP contribution in [0.25, 0.3) is 0 Å². The van der Waals surface area contributed by atoms with E-state index in [4.69, 9.17) is 9.73 Å². The van der Waals surface area contributed by atoms with Crippen LogP contribution in [0.2, 0.25) is 0 Å². The van der Waals surface area contributed by atoms with Crippen molar-refractivity contribution in [1.29, 1.82) is 0 Å². The monoisotopic (exact) mass is 352 g/mol. The van der Waals surface area contributed by atoms with Gasteiger partial charge in [0.15, 0.2) is 5.17 Å². The molecule has 0 saturated carbocycles. The van der Waals surface area contributed by atoms with Crippen LogP contribution in [0.15, 0.2) is 53.5 Å². The summed E-state index contributed by atoms with van der Waals surface area (Å²) in [4.78, 5) is 7.33. The highest BCUT2D eigenvalue weighted by atomic mass is 32.2. The second kappa shape index (κ2) is 5.51. The predicted molar refractivity (Wildman–Crippen MR) is 99.5 cm³/mol. The summed E-state index contributed by atoms with van der Waals surface area (Å²) in [6.45, 7) is 2.86. The van der Waals surface area contributed by atoms with E-state index in [9.17, 15) is 5.11 Å². The summed E-state index contributed by atoms with van der Waals surface area (Å²) in [5.41, 5.74) is 3.12. The number of thioether (sulfide) groups is 1. The first-order chi connectivity index (χ1) is 12.2. The normalized spacial score (nSPS) is 29.5. The number of aliphatic hydroxyl groups excluding tert-OH is 1. The van der Waals surface area contributed by atoms with Crippen LogP contribution in [0, 0.1) is 5.92 Å². The number of amidine groups is 1. The molecule has 3 atom stereocenters. The zero-order valence-electron chi connectivity index (χ0n) is 14.1. The Kier molecular flexibility index (Phi) is 3.37. The molecule has 2 aromatic rings. The van der Waals surface area contributed by atoms with E-state index in [-0.39, 0.29) is 18.6 Å². The first-order valence-corrected chi connectivity index (χ1v) is 9.63. The van der Waals surface area contributed by atoms with Crippen molar-refractivity contribution in [3.8, 4) is 5.75 Å². The molecule has 0 unspecified atom stereocenters. The van der Waals surface area contributed by atoms with E-state index in [0.29, 0.717) is 0 Å². The van der Waals surface area contributed by atoms with Crippen LogP contribution in [-0.2, 0) is 12.3 Å². The Morgan fingerprint density at radius 2 is 1.96 bits per heavy atom. The van der Waals surface area contributed by atoms with Crippen molar-refractivity contribution in [3.63, 3.8) is 0 Å². The molecule has 5 heteroatoms. The third-order valence-electron chi connectivity index (χ3n) is 5.54. The molecule has 0 radical (unpaired) electrons. The number of benzene rings is 2. The van der Waals surface area contributed by atoms with E-state index in [0.717, 1.165) is 28.8 Å². The molecule has 5 rings (SSSR count). The largest absolute Gasteiger partial charge is 0.466 e. The second-order valence-electron chi connectivity index (χ2n) is 7.01. The average Bonchev–Trinajstić information content (AvgIpc) is 2.80. The summed E-state index contributed by atoms with van der Waals surface area (Å²) < 4.78 is 6.27. The number of para-hydroxylation sites is 1. The van der Waals surface area contributed by atoms with Gasteiger partial charge in [0.1, 0.15) is 5.75 Å². The number of hydrogen-bond donors (Lipinski definition) is 1. The van der Waals surface area contributed by atoms with Crippen LogP contribution in [0.4, 0.5) is 0 Å². The molecule has 1 N–H and O–H groups in total. The molecule has 0 saturated heterocycles. The zero-order chi connectivity index (χ0) is 17.0. The lowest BCUT2D eigenvalue weighted by Crippen LogP contribution is -2.57. The van der Waals surface area contributed by atoms with Crippen LogP contribution in [0.5, 0.6) is 5.75 Å². The van der Waals surface area contributed by atoms with Crippen molar-refractivity contribution in [2.24, 2.45) is 10.9 Å². The van der Waals surface area contributed by atoms with Gasteiger partial charge in [0.2, 0.25) is 5.72 Å². The van der Waals surface area contributed by atoms with Crippen LogP contribution < -0.4 is 4.74 Å². The van der Waals surface area contributed by atoms with Crippen molar-refractivity contribution < 1.29 is 9.84 Å². The van der Waals surface area contributed by atoms with E-state index in [1.807, 2.05) is 25.1 Å². The van der Waals surface area contributed by atoms with Gasteiger partial charge >= 0.3 is 0 Å². The average molecular weight is 352 g/mol. The van der Waals surface area contributed by atoms with Crippen molar-refractivity contribution in [1.82, 2.24) is 4.90 Å². The number of nitrogens with zero attached hydrogens (tertiary/aromatic N) is 2. The van der Waals surface area contributed by atoms with Gasteiger partial charge in [-0.25, -0.2) is 4.99 Å². The summed E-state index contributed by atoms with van der Waals surface area (Å²) in [7, 11) is 0. The fraction of sp³-hybridized carbons (Fsp3) is 0.350. The molecular formula is C20H20N2O2S. The number of rotatable bonds is 1. The van der Waals surface area contributed by atoms with Crippen LogP contribution >= 0.6 is 11.8 Å². The second-order valence-corrected chi connectivity index (χ2v) is 7.95. The molecule has 3 heterocycles. The molecule has 3 aliphatic rings. The maximum Gasteiger partial charge on any atom is 0.207 e. The summed E-state index contributed by atoms with van der Waals surface area (Å²) in [6.07, 6.45) is 0. The summed E-state index contributed by atoms with van der Waals surface area (Å²) in [5.74, 6) is 1.71. The van der Waals surface area contributed by atoms with Crippen molar-refractivity contribution in [2.75, 3.05) is 6.61 Å². The number of hydrogen-bond acceptors (Lipinski definition) is 5. The van der Waals surface area contributed by atoms with Crippen LogP contribution in [0.3, 0.4) is 0 Å². The van der Waals surface area contributed by atoms with Crippen LogP contribution in [-0.4, -0.2) is 27.5 Å². The number of aliphatic hydroxyl groups is 1.